The van der Waals surface area contributed by atoms with E-state index in [-0.39, 0.29) is 0 Å². The highest BCUT2D eigenvalue weighted by Crippen LogP contribution is 2.23. The van der Waals surface area contributed by atoms with E-state index in [2.05, 4.69) is 34.1 Å². The Morgan fingerprint density at radius 2 is 1.81 bits per heavy atom. The topological polar surface area (TPSA) is 66.5 Å². The second-order valence-corrected chi connectivity index (χ2v) is 6.29. The lowest BCUT2D eigenvalue weighted by Gasteiger charge is -2.10. The Bertz CT molecular complexity index is 1120. The molecule has 4 rings (SSSR count). The Balaban J connectivity index is 1.47. The monoisotopic (exact) mass is 341 g/mol. The van der Waals surface area contributed by atoms with Crippen molar-refractivity contribution in [1.29, 1.82) is 5.26 Å². The number of benzene rings is 2. The summed E-state index contributed by atoms with van der Waals surface area (Å²) < 4.78 is 2.16. The summed E-state index contributed by atoms with van der Waals surface area (Å²) in [5, 5.41) is 13.7. The van der Waals surface area contributed by atoms with Crippen LogP contribution in [-0.4, -0.2) is 21.1 Å². The molecule has 0 fully saturated rings. The molecule has 2 heterocycles. The molecule has 2 aromatic heterocycles. The van der Waals surface area contributed by atoms with Crippen molar-refractivity contribution in [2.45, 2.75) is 12.8 Å². The molecule has 0 radical (unpaired) electrons. The summed E-state index contributed by atoms with van der Waals surface area (Å²) in [6, 6.07) is 20.0. The molecule has 5 nitrogen and oxygen atoms in total. The highest BCUT2D eigenvalue weighted by molar-refractivity contribution is 5.91. The van der Waals surface area contributed by atoms with Crippen LogP contribution in [0.15, 0.2) is 54.6 Å². The third-order valence-corrected chi connectivity index (χ3v) is 4.60. The minimum atomic E-state index is 0.432. The zero-order valence-corrected chi connectivity index (χ0v) is 14.6. The van der Waals surface area contributed by atoms with E-state index in [1.807, 2.05) is 48.5 Å². The molecule has 2 aromatic carbocycles. The zero-order chi connectivity index (χ0) is 17.9. The van der Waals surface area contributed by atoms with Crippen molar-refractivity contribution >= 4 is 27.6 Å². The van der Waals surface area contributed by atoms with Gasteiger partial charge in [-0.15, -0.1) is 0 Å². The van der Waals surface area contributed by atoms with E-state index in [9.17, 15) is 5.26 Å². The van der Waals surface area contributed by atoms with Crippen molar-refractivity contribution in [3.05, 3.63) is 66.1 Å². The molecule has 0 unspecified atom stereocenters. The van der Waals surface area contributed by atoms with Gasteiger partial charge < -0.3 is 9.88 Å². The predicted molar refractivity (Wildman–Crippen MR) is 104 cm³/mol. The lowest BCUT2D eigenvalue weighted by Crippen LogP contribution is -2.06. The van der Waals surface area contributed by atoms with Gasteiger partial charge in [-0.3, -0.25) is 0 Å². The third-order valence-electron chi connectivity index (χ3n) is 4.60. The van der Waals surface area contributed by atoms with Gasteiger partial charge in [-0.25, -0.2) is 9.97 Å². The average Bonchev–Trinajstić information content (AvgIpc) is 3.01. The first-order valence-corrected chi connectivity index (χ1v) is 8.70. The van der Waals surface area contributed by atoms with Gasteiger partial charge in [0.15, 0.2) is 0 Å². The second kappa shape index (κ2) is 6.85. The van der Waals surface area contributed by atoms with Crippen molar-refractivity contribution in [2.24, 2.45) is 7.05 Å². The van der Waals surface area contributed by atoms with Gasteiger partial charge in [-0.2, -0.15) is 5.26 Å². The predicted octanol–water partition coefficient (Wildman–Crippen LogP) is 4.04. The second-order valence-electron chi connectivity index (χ2n) is 6.29. The van der Waals surface area contributed by atoms with E-state index in [1.165, 1.54) is 0 Å². The van der Waals surface area contributed by atoms with Crippen LogP contribution < -0.4 is 5.32 Å². The van der Waals surface area contributed by atoms with Crippen LogP contribution in [0.3, 0.4) is 0 Å². The van der Waals surface area contributed by atoms with Crippen molar-refractivity contribution < 1.29 is 0 Å². The van der Waals surface area contributed by atoms with Crippen LogP contribution in [0.1, 0.15) is 17.9 Å². The number of anilines is 1. The fraction of sp³-hybridized carbons (Fsp3) is 0.190. The van der Waals surface area contributed by atoms with Gasteiger partial charge in [0.25, 0.3) is 0 Å². The molecule has 1 N–H and O–H groups in total. The number of pyridine rings is 1. The Morgan fingerprint density at radius 3 is 2.62 bits per heavy atom. The number of fused-ring (bicyclic) bond motifs is 2. The van der Waals surface area contributed by atoms with E-state index in [1.54, 1.807) is 0 Å². The van der Waals surface area contributed by atoms with Gasteiger partial charge in [0.2, 0.25) is 0 Å². The van der Waals surface area contributed by atoms with Crippen LogP contribution in [0.5, 0.6) is 0 Å². The van der Waals surface area contributed by atoms with Gasteiger partial charge in [-0.1, -0.05) is 30.3 Å². The number of aryl methyl sites for hydroxylation is 2. The van der Waals surface area contributed by atoms with E-state index < -0.39 is 0 Å². The number of imidazole rings is 1. The van der Waals surface area contributed by atoms with Crippen molar-refractivity contribution in [3.8, 4) is 6.07 Å². The molecule has 0 saturated heterocycles. The van der Waals surface area contributed by atoms with Gasteiger partial charge >= 0.3 is 0 Å². The molecule has 0 amide bonds. The van der Waals surface area contributed by atoms with Crippen molar-refractivity contribution in [2.75, 3.05) is 11.9 Å². The van der Waals surface area contributed by atoms with E-state index in [0.717, 1.165) is 52.8 Å². The molecular formula is C21H19N5. The molecule has 0 aliphatic rings. The van der Waals surface area contributed by atoms with E-state index >= 15 is 0 Å². The van der Waals surface area contributed by atoms with Crippen molar-refractivity contribution in [1.82, 2.24) is 14.5 Å². The summed E-state index contributed by atoms with van der Waals surface area (Å²) in [5.41, 5.74) is 4.43. The normalized spacial score (nSPS) is 10.9. The standard InChI is InChI=1S/C21H19N5/c1-26-20-10-5-4-9-18(20)25-21(26)11-6-12-23-19-13-15(14-22)24-17-8-3-2-7-16(17)19/h2-5,7-10,13H,6,11-12H2,1H3,(H,23,24). The van der Waals surface area contributed by atoms with E-state index in [4.69, 9.17) is 4.98 Å². The summed E-state index contributed by atoms with van der Waals surface area (Å²) in [5.74, 6) is 1.09. The largest absolute Gasteiger partial charge is 0.384 e. The van der Waals surface area contributed by atoms with Gasteiger partial charge in [0.1, 0.15) is 17.6 Å². The number of aromatic nitrogens is 3. The first-order chi connectivity index (χ1) is 12.8. The van der Waals surface area contributed by atoms with Crippen molar-refractivity contribution in [3.63, 3.8) is 0 Å². The van der Waals surface area contributed by atoms with Gasteiger partial charge in [0.05, 0.1) is 16.6 Å². The molecule has 26 heavy (non-hydrogen) atoms. The van der Waals surface area contributed by atoms with Gasteiger partial charge in [-0.05, 0) is 30.7 Å². The summed E-state index contributed by atoms with van der Waals surface area (Å²) in [6.07, 6.45) is 1.85. The fourth-order valence-corrected chi connectivity index (χ4v) is 3.27. The van der Waals surface area contributed by atoms with E-state index in [0.29, 0.717) is 5.69 Å². The number of nitriles is 1. The summed E-state index contributed by atoms with van der Waals surface area (Å²) in [4.78, 5) is 9.07. The minimum Gasteiger partial charge on any atom is -0.384 e. The molecule has 0 aliphatic carbocycles. The zero-order valence-electron chi connectivity index (χ0n) is 14.6. The van der Waals surface area contributed by atoms with Crippen LogP contribution in [-0.2, 0) is 13.5 Å². The third kappa shape index (κ3) is 2.98. The van der Waals surface area contributed by atoms with Crippen LogP contribution in [0, 0.1) is 11.3 Å². The smallest absolute Gasteiger partial charge is 0.143 e. The quantitative estimate of drug-likeness (QED) is 0.556. The highest BCUT2D eigenvalue weighted by atomic mass is 15.1. The molecule has 0 bridgehead atoms. The molecule has 0 spiro atoms. The maximum atomic E-state index is 9.19. The summed E-state index contributed by atoms with van der Waals surface area (Å²) >= 11 is 0. The molecule has 0 atom stereocenters. The van der Waals surface area contributed by atoms with Crippen LogP contribution in [0.25, 0.3) is 21.9 Å². The SMILES string of the molecule is Cn1c(CCCNc2cc(C#N)nc3ccccc23)nc2ccccc21. The van der Waals surface area contributed by atoms with Gasteiger partial charge in [0, 0.05) is 31.1 Å². The summed E-state index contributed by atoms with van der Waals surface area (Å²) in [7, 11) is 2.06. The fourth-order valence-electron chi connectivity index (χ4n) is 3.27. The van der Waals surface area contributed by atoms with Crippen LogP contribution in [0.4, 0.5) is 5.69 Å². The number of nitrogens with zero attached hydrogens (tertiary/aromatic N) is 4. The van der Waals surface area contributed by atoms with Crippen LogP contribution in [0.2, 0.25) is 0 Å². The molecular weight excluding hydrogens is 322 g/mol. The first-order valence-electron chi connectivity index (χ1n) is 8.70. The number of rotatable bonds is 5. The molecule has 4 aromatic rings. The molecule has 5 heteroatoms. The Hall–Kier alpha value is -3.39. The maximum Gasteiger partial charge on any atom is 0.143 e. The number of para-hydroxylation sites is 3. The number of hydrogen-bond donors (Lipinski definition) is 1. The van der Waals surface area contributed by atoms with Crippen LogP contribution >= 0.6 is 0 Å². The lowest BCUT2D eigenvalue weighted by atomic mass is 10.1. The molecule has 0 aliphatic heterocycles. The summed E-state index contributed by atoms with van der Waals surface area (Å²) in [6.45, 7) is 0.808. The Morgan fingerprint density at radius 1 is 1.04 bits per heavy atom. The lowest BCUT2D eigenvalue weighted by molar-refractivity contribution is 0.753. The number of hydrogen-bond acceptors (Lipinski definition) is 4. The molecule has 0 saturated carbocycles. The maximum absolute atomic E-state index is 9.19. The molecule has 128 valence electrons. The average molecular weight is 341 g/mol. The highest BCUT2D eigenvalue weighted by Gasteiger charge is 2.08. The Labute approximate surface area is 151 Å². The minimum absolute atomic E-state index is 0.432. The Kier molecular flexibility index (Phi) is 4.24. The first kappa shape index (κ1) is 16.1. The number of nitrogens with one attached hydrogen (secondary N) is 1.